The van der Waals surface area contributed by atoms with E-state index < -0.39 is 35.7 Å². The summed E-state index contributed by atoms with van der Waals surface area (Å²) in [4.78, 5) is 23.3. The summed E-state index contributed by atoms with van der Waals surface area (Å²) in [5.41, 5.74) is -3.37. The Morgan fingerprint density at radius 2 is 1.94 bits per heavy atom. The van der Waals surface area contributed by atoms with Crippen LogP contribution in [0.25, 0.3) is 0 Å². The van der Waals surface area contributed by atoms with Gasteiger partial charge in [-0.1, -0.05) is 5.92 Å². The van der Waals surface area contributed by atoms with E-state index in [4.69, 9.17) is 6.42 Å². The SMILES string of the molecule is C#CCn1c(C(F)(F)F)cc(=O)n(C(C)C)c1=O. The van der Waals surface area contributed by atoms with Gasteiger partial charge in [-0.2, -0.15) is 13.2 Å². The van der Waals surface area contributed by atoms with Crippen molar-refractivity contribution in [1.82, 2.24) is 9.13 Å². The monoisotopic (exact) mass is 260 g/mol. The molecule has 18 heavy (non-hydrogen) atoms. The van der Waals surface area contributed by atoms with Crippen molar-refractivity contribution in [3.63, 3.8) is 0 Å². The summed E-state index contributed by atoms with van der Waals surface area (Å²) in [7, 11) is 0. The first-order valence-electron chi connectivity index (χ1n) is 5.07. The maximum absolute atomic E-state index is 12.7. The normalized spacial score (nSPS) is 11.6. The van der Waals surface area contributed by atoms with Crippen molar-refractivity contribution in [2.75, 3.05) is 0 Å². The van der Waals surface area contributed by atoms with Gasteiger partial charge in [-0.3, -0.25) is 13.9 Å². The van der Waals surface area contributed by atoms with Gasteiger partial charge in [0, 0.05) is 12.1 Å². The van der Waals surface area contributed by atoms with E-state index in [0.717, 1.165) is 4.57 Å². The molecule has 1 aromatic heterocycles. The van der Waals surface area contributed by atoms with Crippen LogP contribution in [0.2, 0.25) is 0 Å². The summed E-state index contributed by atoms with van der Waals surface area (Å²) >= 11 is 0. The molecule has 0 radical (unpaired) electrons. The highest BCUT2D eigenvalue weighted by molar-refractivity contribution is 5.09. The lowest BCUT2D eigenvalue weighted by molar-refractivity contribution is -0.144. The van der Waals surface area contributed by atoms with Crippen LogP contribution in [0.5, 0.6) is 0 Å². The van der Waals surface area contributed by atoms with Crippen LogP contribution < -0.4 is 11.2 Å². The van der Waals surface area contributed by atoms with Gasteiger partial charge >= 0.3 is 11.9 Å². The molecular formula is C11H11F3N2O2. The Balaban J connectivity index is 3.74. The molecule has 98 valence electrons. The predicted octanol–water partition coefficient (Wildman–Crippen LogP) is 1.24. The summed E-state index contributed by atoms with van der Waals surface area (Å²) in [6, 6.07) is -0.157. The van der Waals surface area contributed by atoms with Crippen molar-refractivity contribution in [3.05, 3.63) is 32.6 Å². The molecule has 0 bridgehead atoms. The third kappa shape index (κ3) is 2.47. The van der Waals surface area contributed by atoms with Crippen LogP contribution in [-0.2, 0) is 12.7 Å². The third-order valence-electron chi connectivity index (χ3n) is 2.28. The standard InChI is InChI=1S/C11H11F3N2O2/c1-4-5-15-8(11(12,13)14)6-9(17)16(7(2)3)10(15)18/h1,6-7H,5H2,2-3H3. The van der Waals surface area contributed by atoms with Gasteiger partial charge in [0.25, 0.3) is 5.56 Å². The van der Waals surface area contributed by atoms with Gasteiger partial charge in [0.2, 0.25) is 0 Å². The maximum Gasteiger partial charge on any atom is 0.431 e. The summed E-state index contributed by atoms with van der Waals surface area (Å²) in [5.74, 6) is 1.97. The van der Waals surface area contributed by atoms with Crippen LogP contribution in [0.15, 0.2) is 15.7 Å². The van der Waals surface area contributed by atoms with Crippen LogP contribution in [0.3, 0.4) is 0 Å². The van der Waals surface area contributed by atoms with Crippen molar-refractivity contribution in [2.45, 2.75) is 32.6 Å². The van der Waals surface area contributed by atoms with E-state index in [1.165, 1.54) is 13.8 Å². The lowest BCUT2D eigenvalue weighted by atomic mass is 10.3. The molecule has 1 heterocycles. The number of halogens is 3. The second kappa shape index (κ2) is 4.72. The third-order valence-corrected chi connectivity index (χ3v) is 2.28. The Morgan fingerprint density at radius 1 is 1.39 bits per heavy atom. The zero-order valence-electron chi connectivity index (χ0n) is 9.78. The molecule has 0 aliphatic heterocycles. The first-order valence-corrected chi connectivity index (χ1v) is 5.07. The van der Waals surface area contributed by atoms with E-state index in [1.807, 2.05) is 5.92 Å². The molecule has 0 aliphatic carbocycles. The van der Waals surface area contributed by atoms with Gasteiger partial charge in [0.05, 0.1) is 6.54 Å². The molecule has 1 aromatic rings. The van der Waals surface area contributed by atoms with Gasteiger partial charge in [-0.25, -0.2) is 4.79 Å². The quantitative estimate of drug-likeness (QED) is 0.751. The topological polar surface area (TPSA) is 44.0 Å². The molecule has 0 spiro atoms. The smallest absolute Gasteiger partial charge is 0.277 e. The van der Waals surface area contributed by atoms with Gasteiger partial charge in [-0.05, 0) is 13.8 Å². The fraction of sp³-hybridized carbons (Fsp3) is 0.455. The van der Waals surface area contributed by atoms with Crippen molar-refractivity contribution in [1.29, 1.82) is 0 Å². The number of nitrogens with zero attached hydrogens (tertiary/aromatic N) is 2. The Bertz CT molecular complexity index is 603. The number of hydrogen-bond donors (Lipinski definition) is 0. The highest BCUT2D eigenvalue weighted by Gasteiger charge is 2.35. The Hall–Kier alpha value is -1.97. The summed E-state index contributed by atoms with van der Waals surface area (Å²) in [6.45, 7) is 2.51. The summed E-state index contributed by atoms with van der Waals surface area (Å²) < 4.78 is 39.2. The predicted molar refractivity (Wildman–Crippen MR) is 59.2 cm³/mol. The molecule has 0 aliphatic rings. The fourth-order valence-corrected chi connectivity index (χ4v) is 1.55. The zero-order chi connectivity index (χ0) is 14.1. The van der Waals surface area contributed by atoms with E-state index in [1.54, 1.807) is 0 Å². The van der Waals surface area contributed by atoms with Gasteiger partial charge in [0.15, 0.2) is 0 Å². The number of alkyl halides is 3. The Morgan fingerprint density at radius 3 is 2.33 bits per heavy atom. The van der Waals surface area contributed by atoms with E-state index in [-0.39, 0.29) is 0 Å². The first kappa shape index (κ1) is 14.1. The van der Waals surface area contributed by atoms with Crippen molar-refractivity contribution in [2.24, 2.45) is 0 Å². The van der Waals surface area contributed by atoms with Gasteiger partial charge < -0.3 is 0 Å². The van der Waals surface area contributed by atoms with Crippen molar-refractivity contribution < 1.29 is 13.2 Å². The second-order valence-corrected chi connectivity index (χ2v) is 3.90. The van der Waals surface area contributed by atoms with E-state index in [9.17, 15) is 22.8 Å². The number of hydrogen-bond acceptors (Lipinski definition) is 2. The molecule has 0 fully saturated rings. The van der Waals surface area contributed by atoms with Crippen LogP contribution in [0.1, 0.15) is 25.6 Å². The molecule has 0 saturated heterocycles. The molecule has 1 rings (SSSR count). The number of rotatable bonds is 2. The van der Waals surface area contributed by atoms with Gasteiger partial charge in [0.1, 0.15) is 5.69 Å². The summed E-state index contributed by atoms with van der Waals surface area (Å²) in [5, 5.41) is 0. The second-order valence-electron chi connectivity index (χ2n) is 3.90. The minimum atomic E-state index is -4.80. The largest absolute Gasteiger partial charge is 0.431 e. The minimum absolute atomic E-state index is 0.376. The Labute approximate surface area is 101 Å². The lowest BCUT2D eigenvalue weighted by Crippen LogP contribution is -2.43. The Kier molecular flexibility index (Phi) is 3.70. The van der Waals surface area contributed by atoms with Crippen LogP contribution in [-0.4, -0.2) is 9.13 Å². The molecule has 0 atom stereocenters. The molecule has 0 amide bonds. The zero-order valence-corrected chi connectivity index (χ0v) is 9.78. The molecule has 0 N–H and O–H groups in total. The van der Waals surface area contributed by atoms with Crippen LogP contribution in [0.4, 0.5) is 13.2 Å². The van der Waals surface area contributed by atoms with E-state index >= 15 is 0 Å². The van der Waals surface area contributed by atoms with Crippen molar-refractivity contribution >= 4 is 0 Å². The summed E-state index contributed by atoms with van der Waals surface area (Å²) in [6.07, 6.45) is 0.141. The lowest BCUT2D eigenvalue weighted by Gasteiger charge is -2.16. The average Bonchev–Trinajstić information content (AvgIpc) is 2.19. The molecule has 7 heteroatoms. The maximum atomic E-state index is 12.7. The first-order chi connectivity index (χ1) is 8.20. The number of terminal acetylenes is 1. The fourth-order valence-electron chi connectivity index (χ4n) is 1.55. The minimum Gasteiger partial charge on any atom is -0.277 e. The van der Waals surface area contributed by atoms with E-state index in [0.29, 0.717) is 10.6 Å². The number of aromatic nitrogens is 2. The highest BCUT2D eigenvalue weighted by Crippen LogP contribution is 2.27. The molecule has 0 saturated carbocycles. The molecule has 0 unspecified atom stereocenters. The highest BCUT2D eigenvalue weighted by atomic mass is 19.4. The van der Waals surface area contributed by atoms with E-state index in [2.05, 4.69) is 0 Å². The average molecular weight is 260 g/mol. The van der Waals surface area contributed by atoms with Crippen molar-refractivity contribution in [3.8, 4) is 12.3 Å². The van der Waals surface area contributed by atoms with Crippen LogP contribution in [0, 0.1) is 12.3 Å². The molecular weight excluding hydrogens is 249 g/mol. The molecule has 4 nitrogen and oxygen atoms in total. The molecule has 0 aromatic carbocycles. The van der Waals surface area contributed by atoms with Gasteiger partial charge in [-0.15, -0.1) is 6.42 Å². The van der Waals surface area contributed by atoms with Crippen LogP contribution >= 0.6 is 0 Å².